The Balaban J connectivity index is 3.82. The van der Waals surface area contributed by atoms with Gasteiger partial charge in [-0.15, -0.1) is 0 Å². The van der Waals surface area contributed by atoms with Crippen molar-refractivity contribution in [2.24, 2.45) is 0 Å². The van der Waals surface area contributed by atoms with Crippen LogP contribution in [0, 0.1) is 0 Å². The van der Waals surface area contributed by atoms with E-state index in [1.54, 1.807) is 0 Å². The van der Waals surface area contributed by atoms with Gasteiger partial charge in [0.05, 0.1) is 0 Å². The molecule has 0 aliphatic rings. The molecule has 0 spiro atoms. The van der Waals surface area contributed by atoms with Crippen LogP contribution in [-0.4, -0.2) is 17.4 Å². The van der Waals surface area contributed by atoms with Crippen LogP contribution in [0.15, 0.2) is 0 Å². The molecule has 0 fully saturated rings. The maximum Gasteiger partial charge on any atom is 0.116 e. The van der Waals surface area contributed by atoms with E-state index in [0.717, 1.165) is 38.6 Å². The lowest BCUT2D eigenvalue weighted by Crippen LogP contribution is -2.44. The second kappa shape index (κ2) is 8.25. The molecule has 0 aliphatic heterocycles. The lowest BCUT2D eigenvalue weighted by Gasteiger charge is -2.29. The summed E-state index contributed by atoms with van der Waals surface area (Å²) >= 11 is 0. The summed E-state index contributed by atoms with van der Waals surface area (Å²) in [5.41, 5.74) is -0.597. The Bertz CT molecular complexity index is 127. The molecule has 2 N–H and O–H groups in total. The maximum absolute atomic E-state index is 10.3. The van der Waals surface area contributed by atoms with Crippen molar-refractivity contribution < 1.29 is 5.11 Å². The standard InChI is InChI=1S/C12H27NO/c1-4-7-9-11-12(14,13-6-3)10-8-5-2/h13-14H,4-11H2,1-3H3. The molecule has 0 aromatic carbocycles. The molecule has 0 heterocycles. The van der Waals surface area contributed by atoms with Crippen LogP contribution in [0.1, 0.15) is 65.7 Å². The van der Waals surface area contributed by atoms with Crippen LogP contribution in [0.4, 0.5) is 0 Å². The summed E-state index contributed by atoms with van der Waals surface area (Å²) in [6.45, 7) is 7.26. The maximum atomic E-state index is 10.3. The fourth-order valence-corrected chi connectivity index (χ4v) is 1.77. The largest absolute Gasteiger partial charge is 0.376 e. The van der Waals surface area contributed by atoms with Gasteiger partial charge in [0.1, 0.15) is 5.72 Å². The van der Waals surface area contributed by atoms with Gasteiger partial charge < -0.3 is 5.11 Å². The third-order valence-corrected chi connectivity index (χ3v) is 2.64. The van der Waals surface area contributed by atoms with Gasteiger partial charge >= 0.3 is 0 Å². The van der Waals surface area contributed by atoms with Crippen molar-refractivity contribution >= 4 is 0 Å². The highest BCUT2D eigenvalue weighted by Crippen LogP contribution is 2.18. The van der Waals surface area contributed by atoms with Crippen molar-refractivity contribution in [2.75, 3.05) is 6.54 Å². The molecule has 2 nitrogen and oxygen atoms in total. The highest BCUT2D eigenvalue weighted by atomic mass is 16.3. The van der Waals surface area contributed by atoms with Crippen molar-refractivity contribution in [3.05, 3.63) is 0 Å². The molecular weight excluding hydrogens is 174 g/mol. The van der Waals surface area contributed by atoms with Crippen LogP contribution in [0.3, 0.4) is 0 Å². The SMILES string of the molecule is CCCCCC(O)(CCCC)NCC. The highest BCUT2D eigenvalue weighted by molar-refractivity contribution is 4.74. The average Bonchev–Trinajstić information content (AvgIpc) is 2.16. The van der Waals surface area contributed by atoms with Gasteiger partial charge in [-0.25, -0.2) is 0 Å². The van der Waals surface area contributed by atoms with Gasteiger partial charge in [0.25, 0.3) is 0 Å². The molecule has 14 heavy (non-hydrogen) atoms. The fraction of sp³-hybridized carbons (Fsp3) is 1.00. The summed E-state index contributed by atoms with van der Waals surface area (Å²) in [5, 5.41) is 13.5. The molecule has 0 bridgehead atoms. The van der Waals surface area contributed by atoms with Crippen LogP contribution in [0.25, 0.3) is 0 Å². The first-order chi connectivity index (χ1) is 6.68. The third kappa shape index (κ3) is 6.39. The number of aliphatic hydroxyl groups is 1. The van der Waals surface area contributed by atoms with Crippen LogP contribution < -0.4 is 5.32 Å². The van der Waals surface area contributed by atoms with Crippen LogP contribution in [-0.2, 0) is 0 Å². The van der Waals surface area contributed by atoms with Crippen LogP contribution in [0.5, 0.6) is 0 Å². The van der Waals surface area contributed by atoms with E-state index in [1.807, 2.05) is 0 Å². The topological polar surface area (TPSA) is 32.3 Å². The van der Waals surface area contributed by atoms with E-state index >= 15 is 0 Å². The van der Waals surface area contributed by atoms with E-state index in [2.05, 4.69) is 26.1 Å². The zero-order valence-corrected chi connectivity index (χ0v) is 10.1. The van der Waals surface area contributed by atoms with Gasteiger partial charge in [0.15, 0.2) is 0 Å². The Kier molecular flexibility index (Phi) is 8.20. The Hall–Kier alpha value is -0.0800. The molecule has 0 aromatic rings. The molecule has 0 saturated heterocycles. The van der Waals surface area contributed by atoms with E-state index in [9.17, 15) is 5.11 Å². The normalized spacial score (nSPS) is 15.4. The van der Waals surface area contributed by atoms with E-state index in [-0.39, 0.29) is 0 Å². The Morgan fingerprint density at radius 2 is 1.50 bits per heavy atom. The van der Waals surface area contributed by atoms with E-state index in [4.69, 9.17) is 0 Å². The molecule has 0 rings (SSSR count). The van der Waals surface area contributed by atoms with E-state index < -0.39 is 5.72 Å². The lowest BCUT2D eigenvalue weighted by atomic mass is 9.98. The average molecular weight is 201 g/mol. The first-order valence-corrected chi connectivity index (χ1v) is 6.16. The Morgan fingerprint density at radius 1 is 0.929 bits per heavy atom. The first kappa shape index (κ1) is 13.9. The van der Waals surface area contributed by atoms with Crippen molar-refractivity contribution in [1.29, 1.82) is 0 Å². The predicted octanol–water partition coefficient (Wildman–Crippen LogP) is 3.06. The van der Waals surface area contributed by atoms with Gasteiger partial charge in [0, 0.05) is 0 Å². The molecule has 0 saturated carbocycles. The van der Waals surface area contributed by atoms with E-state index in [0.29, 0.717) is 0 Å². The molecular formula is C12H27NO. The number of hydrogen-bond donors (Lipinski definition) is 2. The Morgan fingerprint density at radius 3 is 2.00 bits per heavy atom. The Labute approximate surface area is 89.1 Å². The summed E-state index contributed by atoms with van der Waals surface area (Å²) in [7, 11) is 0. The third-order valence-electron chi connectivity index (χ3n) is 2.64. The molecule has 2 heteroatoms. The summed E-state index contributed by atoms with van der Waals surface area (Å²) in [6, 6.07) is 0. The van der Waals surface area contributed by atoms with E-state index in [1.165, 1.54) is 12.8 Å². The zero-order chi connectivity index (χ0) is 10.9. The molecule has 0 aliphatic carbocycles. The highest BCUT2D eigenvalue weighted by Gasteiger charge is 2.23. The molecule has 1 atom stereocenters. The minimum Gasteiger partial charge on any atom is -0.376 e. The van der Waals surface area contributed by atoms with Crippen LogP contribution in [0.2, 0.25) is 0 Å². The molecule has 1 unspecified atom stereocenters. The first-order valence-electron chi connectivity index (χ1n) is 6.16. The second-order valence-corrected chi connectivity index (χ2v) is 4.12. The number of hydrogen-bond acceptors (Lipinski definition) is 2. The minimum absolute atomic E-state index is 0.597. The van der Waals surface area contributed by atoms with Gasteiger partial charge in [0.2, 0.25) is 0 Å². The number of nitrogens with one attached hydrogen (secondary N) is 1. The monoisotopic (exact) mass is 201 g/mol. The van der Waals surface area contributed by atoms with Crippen molar-refractivity contribution in [2.45, 2.75) is 71.4 Å². The number of rotatable bonds is 9. The predicted molar refractivity (Wildman–Crippen MR) is 62.3 cm³/mol. The smallest absolute Gasteiger partial charge is 0.116 e. The van der Waals surface area contributed by atoms with Crippen molar-refractivity contribution in [3.8, 4) is 0 Å². The summed E-state index contributed by atoms with van der Waals surface area (Å²) in [4.78, 5) is 0. The molecule has 0 aromatic heterocycles. The van der Waals surface area contributed by atoms with Gasteiger partial charge in [-0.05, 0) is 32.2 Å². The quantitative estimate of drug-likeness (QED) is 0.444. The molecule has 0 radical (unpaired) electrons. The zero-order valence-electron chi connectivity index (χ0n) is 10.1. The van der Waals surface area contributed by atoms with Crippen molar-refractivity contribution in [3.63, 3.8) is 0 Å². The van der Waals surface area contributed by atoms with Gasteiger partial charge in [-0.2, -0.15) is 0 Å². The summed E-state index contributed by atoms with van der Waals surface area (Å²) in [5.74, 6) is 0. The van der Waals surface area contributed by atoms with Gasteiger partial charge in [-0.3, -0.25) is 5.32 Å². The molecule has 86 valence electrons. The van der Waals surface area contributed by atoms with Crippen LogP contribution >= 0.6 is 0 Å². The minimum atomic E-state index is -0.597. The number of unbranched alkanes of at least 4 members (excludes halogenated alkanes) is 3. The second-order valence-electron chi connectivity index (χ2n) is 4.12. The lowest BCUT2D eigenvalue weighted by molar-refractivity contribution is -0.0133. The summed E-state index contributed by atoms with van der Waals surface area (Å²) in [6.07, 6.45) is 7.62. The van der Waals surface area contributed by atoms with Crippen molar-refractivity contribution in [1.82, 2.24) is 5.32 Å². The summed E-state index contributed by atoms with van der Waals surface area (Å²) < 4.78 is 0. The fourth-order valence-electron chi connectivity index (χ4n) is 1.77. The van der Waals surface area contributed by atoms with Gasteiger partial charge in [-0.1, -0.05) is 40.0 Å². The molecule has 0 amide bonds.